The number of benzene rings is 1. The molecule has 0 atom stereocenters. The van der Waals surface area contributed by atoms with E-state index in [0.717, 1.165) is 17.5 Å². The van der Waals surface area contributed by atoms with E-state index in [9.17, 15) is 9.18 Å². The first kappa shape index (κ1) is 19.1. The van der Waals surface area contributed by atoms with Crippen LogP contribution in [0, 0.1) is 11.2 Å². The Morgan fingerprint density at radius 2 is 2.19 bits per heavy atom. The third kappa shape index (κ3) is 3.72. The molecule has 0 aliphatic carbocycles. The Labute approximate surface area is 164 Å². The largest absolute Gasteiger partial charge is 0.365 e. The maximum atomic E-state index is 13.3. The summed E-state index contributed by atoms with van der Waals surface area (Å²) in [5, 5.41) is 7.55. The Morgan fingerprint density at radius 1 is 1.44 bits per heavy atom. The monoisotopic (exact) mass is 408 g/mol. The summed E-state index contributed by atoms with van der Waals surface area (Å²) in [6, 6.07) is 4.07. The van der Waals surface area contributed by atoms with Crippen LogP contribution < -0.4 is 10.6 Å². The number of nitrogens with two attached hydrogens (primary N) is 1. The minimum Gasteiger partial charge on any atom is -0.365 e. The van der Waals surface area contributed by atoms with Crippen molar-refractivity contribution in [2.45, 2.75) is 13.1 Å². The lowest BCUT2D eigenvalue weighted by molar-refractivity contribution is -0.114. The molecule has 140 valence electrons. The first-order valence-electron chi connectivity index (χ1n) is 7.80. The van der Waals surface area contributed by atoms with Gasteiger partial charge in [0.2, 0.25) is 5.95 Å². The number of nitrogens with zero attached hydrogens (tertiary/aromatic N) is 4. The second-order valence-corrected chi connectivity index (χ2v) is 6.65. The lowest BCUT2D eigenvalue weighted by Gasteiger charge is -2.19. The van der Waals surface area contributed by atoms with Crippen molar-refractivity contribution in [3.8, 4) is 0 Å². The van der Waals surface area contributed by atoms with E-state index in [0.29, 0.717) is 24.7 Å². The summed E-state index contributed by atoms with van der Waals surface area (Å²) in [6.07, 6.45) is 2.64. The second-order valence-electron chi connectivity index (χ2n) is 5.86. The fourth-order valence-electron chi connectivity index (χ4n) is 2.76. The zero-order valence-electron chi connectivity index (χ0n) is 14.2. The van der Waals surface area contributed by atoms with Gasteiger partial charge in [-0.05, 0) is 18.2 Å². The number of hydrogen-bond acceptors (Lipinski definition) is 6. The second kappa shape index (κ2) is 7.50. The Hall–Kier alpha value is -2.71. The molecule has 1 aromatic heterocycles. The number of nitrogens with one attached hydrogen (secondary N) is 1. The topological polar surface area (TPSA) is 99.2 Å². The van der Waals surface area contributed by atoms with Crippen LogP contribution in [0.3, 0.4) is 0 Å². The molecule has 2 aromatic rings. The maximum Gasteiger partial charge on any atom is 0.262 e. The third-order valence-corrected chi connectivity index (χ3v) is 4.82. The van der Waals surface area contributed by atoms with Crippen molar-refractivity contribution in [1.29, 1.82) is 5.41 Å². The molecule has 1 aliphatic rings. The van der Waals surface area contributed by atoms with Crippen molar-refractivity contribution < 1.29 is 9.18 Å². The quantitative estimate of drug-likeness (QED) is 0.585. The van der Waals surface area contributed by atoms with Crippen LogP contribution in [0.1, 0.15) is 11.3 Å². The van der Waals surface area contributed by atoms with Gasteiger partial charge in [-0.25, -0.2) is 14.4 Å². The number of amides is 1. The number of primary amides is 1. The predicted molar refractivity (Wildman–Crippen MR) is 102 cm³/mol. The molecule has 1 aliphatic heterocycles. The highest BCUT2D eigenvalue weighted by Crippen LogP contribution is 2.31. The summed E-state index contributed by atoms with van der Waals surface area (Å²) in [7, 11) is 1.72. The van der Waals surface area contributed by atoms with E-state index < -0.39 is 11.7 Å². The molecule has 27 heavy (non-hydrogen) atoms. The zero-order valence-corrected chi connectivity index (χ0v) is 15.7. The van der Waals surface area contributed by atoms with Crippen LogP contribution in [0.4, 0.5) is 16.0 Å². The van der Waals surface area contributed by atoms with Crippen LogP contribution >= 0.6 is 23.2 Å². The SMILES string of the molecule is CN(c1ncc2c(n1)CN(/C(C=N)=C(\Cl)C(N)=O)C2)c1ccc(F)cc1Cl. The van der Waals surface area contributed by atoms with Gasteiger partial charge < -0.3 is 20.9 Å². The number of carbonyl (C=O) groups excluding carboxylic acids is 1. The van der Waals surface area contributed by atoms with Gasteiger partial charge in [0, 0.05) is 31.6 Å². The highest BCUT2D eigenvalue weighted by atomic mass is 35.5. The summed E-state index contributed by atoms with van der Waals surface area (Å²) in [6.45, 7) is 0.731. The molecule has 0 bridgehead atoms. The third-order valence-electron chi connectivity index (χ3n) is 4.13. The van der Waals surface area contributed by atoms with Crippen LogP contribution in [0.2, 0.25) is 5.02 Å². The number of allylic oxidation sites excluding steroid dienone is 1. The average Bonchev–Trinajstić information content (AvgIpc) is 3.04. The number of carbonyl (C=O) groups is 1. The number of rotatable bonds is 5. The van der Waals surface area contributed by atoms with E-state index in [4.69, 9.17) is 34.3 Å². The highest BCUT2D eigenvalue weighted by molar-refractivity contribution is 6.43. The highest BCUT2D eigenvalue weighted by Gasteiger charge is 2.26. The van der Waals surface area contributed by atoms with E-state index in [1.165, 1.54) is 12.1 Å². The van der Waals surface area contributed by atoms with Gasteiger partial charge in [-0.15, -0.1) is 0 Å². The van der Waals surface area contributed by atoms with E-state index in [-0.39, 0.29) is 15.8 Å². The molecular formula is C17H15Cl2FN6O. The standard InChI is InChI=1S/C17H15Cl2FN6O/c1-25(13-3-2-10(20)4-11(13)18)17-23-6-9-7-26(8-12(9)24-17)14(5-21)15(19)16(22)27/h2-6,21H,7-8H2,1H3,(H2,22,27)/b15-14-,21-5?. The molecule has 3 N–H and O–H groups in total. The van der Waals surface area contributed by atoms with Crippen molar-refractivity contribution in [2.75, 3.05) is 11.9 Å². The molecule has 10 heteroatoms. The van der Waals surface area contributed by atoms with E-state index in [1.54, 1.807) is 29.1 Å². The predicted octanol–water partition coefficient (Wildman–Crippen LogP) is 2.94. The fraction of sp³-hybridized carbons (Fsp3) is 0.176. The van der Waals surface area contributed by atoms with Crippen molar-refractivity contribution in [2.24, 2.45) is 5.73 Å². The summed E-state index contributed by atoms with van der Waals surface area (Å²) in [5.74, 6) is -0.853. The van der Waals surface area contributed by atoms with Gasteiger partial charge >= 0.3 is 0 Å². The van der Waals surface area contributed by atoms with Gasteiger partial charge in [-0.2, -0.15) is 0 Å². The molecular weight excluding hydrogens is 394 g/mol. The van der Waals surface area contributed by atoms with Gasteiger partial charge in [0.25, 0.3) is 5.91 Å². The Balaban J connectivity index is 1.89. The van der Waals surface area contributed by atoms with Gasteiger partial charge in [0.05, 0.1) is 28.6 Å². The molecule has 3 rings (SSSR count). The maximum absolute atomic E-state index is 13.3. The van der Waals surface area contributed by atoms with Crippen LogP contribution in [0.25, 0.3) is 0 Å². The fourth-order valence-corrected chi connectivity index (χ4v) is 3.22. The molecule has 2 heterocycles. The normalized spacial score (nSPS) is 13.9. The van der Waals surface area contributed by atoms with Crippen LogP contribution in [0.15, 0.2) is 35.1 Å². The van der Waals surface area contributed by atoms with E-state index >= 15 is 0 Å². The minimum absolute atomic E-state index is 0.207. The first-order chi connectivity index (χ1) is 12.8. The average molecular weight is 409 g/mol. The molecule has 0 saturated carbocycles. The van der Waals surface area contributed by atoms with Crippen molar-refractivity contribution in [1.82, 2.24) is 14.9 Å². The summed E-state index contributed by atoms with van der Waals surface area (Å²) < 4.78 is 13.3. The molecule has 0 spiro atoms. The Kier molecular flexibility index (Phi) is 5.29. The molecule has 0 radical (unpaired) electrons. The van der Waals surface area contributed by atoms with Crippen LogP contribution in [-0.4, -0.2) is 34.0 Å². The van der Waals surface area contributed by atoms with E-state index in [2.05, 4.69) is 9.97 Å². The molecule has 1 amide bonds. The van der Waals surface area contributed by atoms with E-state index in [1.807, 2.05) is 0 Å². The van der Waals surface area contributed by atoms with Gasteiger partial charge in [0.15, 0.2) is 0 Å². The number of aromatic nitrogens is 2. The smallest absolute Gasteiger partial charge is 0.262 e. The zero-order chi connectivity index (χ0) is 19.7. The number of fused-ring (bicyclic) bond motifs is 1. The summed E-state index contributed by atoms with van der Waals surface area (Å²) in [4.78, 5) is 23.5. The Bertz CT molecular complexity index is 964. The number of halogens is 3. The summed E-state index contributed by atoms with van der Waals surface area (Å²) >= 11 is 12.0. The van der Waals surface area contributed by atoms with Gasteiger partial charge in [-0.3, -0.25) is 4.79 Å². The van der Waals surface area contributed by atoms with Crippen molar-refractivity contribution in [3.63, 3.8) is 0 Å². The molecule has 0 fully saturated rings. The molecule has 1 aromatic carbocycles. The van der Waals surface area contributed by atoms with Crippen molar-refractivity contribution >= 4 is 47.0 Å². The summed E-state index contributed by atoms with van der Waals surface area (Å²) in [5.41, 5.74) is 7.55. The first-order valence-corrected chi connectivity index (χ1v) is 8.56. The minimum atomic E-state index is -0.802. The molecule has 0 unspecified atom stereocenters. The van der Waals surface area contributed by atoms with Gasteiger partial charge in [0.1, 0.15) is 10.8 Å². The van der Waals surface area contributed by atoms with Gasteiger partial charge in [-0.1, -0.05) is 23.2 Å². The number of hydrogen-bond donors (Lipinski definition) is 2. The molecule has 0 saturated heterocycles. The lowest BCUT2D eigenvalue weighted by atomic mass is 10.2. The van der Waals surface area contributed by atoms with Crippen molar-refractivity contribution in [3.05, 3.63) is 57.2 Å². The Morgan fingerprint density at radius 3 is 2.81 bits per heavy atom. The number of anilines is 2. The molecule has 7 nitrogen and oxygen atoms in total. The lowest BCUT2D eigenvalue weighted by Crippen LogP contribution is -2.22. The van der Waals surface area contributed by atoms with Crippen LogP contribution in [-0.2, 0) is 17.9 Å². The van der Waals surface area contributed by atoms with Crippen LogP contribution in [0.5, 0.6) is 0 Å².